The molecule has 6 rings (SSSR count). The number of aromatic nitrogens is 5. The van der Waals surface area contributed by atoms with Crippen LogP contribution in [0.15, 0.2) is 52.9 Å². The SMILES string of the molecule is COc1ccc2c(n1)oc1c(N3CCOCC3)nc(Nc3cc(-c4ccccc4)[nH]n3)nc12.Cl. The van der Waals surface area contributed by atoms with E-state index in [0.29, 0.717) is 66.6 Å². The van der Waals surface area contributed by atoms with Crippen molar-refractivity contribution in [2.75, 3.05) is 43.6 Å². The predicted molar refractivity (Wildman–Crippen MR) is 131 cm³/mol. The third-order valence-corrected chi connectivity index (χ3v) is 5.56. The second-order valence-electron chi connectivity index (χ2n) is 7.61. The fourth-order valence-electron chi connectivity index (χ4n) is 3.92. The Kier molecular flexibility index (Phi) is 5.91. The predicted octanol–water partition coefficient (Wildman–Crippen LogP) is 4.17. The molecule has 1 aliphatic rings. The molecule has 10 nitrogen and oxygen atoms in total. The van der Waals surface area contributed by atoms with Crippen molar-refractivity contribution in [3.63, 3.8) is 0 Å². The van der Waals surface area contributed by atoms with Gasteiger partial charge in [0.15, 0.2) is 17.2 Å². The van der Waals surface area contributed by atoms with Gasteiger partial charge in [-0.15, -0.1) is 12.4 Å². The Bertz CT molecular complexity index is 1430. The largest absolute Gasteiger partial charge is 0.481 e. The molecule has 1 fully saturated rings. The highest BCUT2D eigenvalue weighted by atomic mass is 35.5. The number of nitrogens with zero attached hydrogens (tertiary/aromatic N) is 5. The topological polar surface area (TPSA) is 114 Å². The second kappa shape index (κ2) is 9.16. The van der Waals surface area contributed by atoms with Crippen LogP contribution in [0.25, 0.3) is 33.5 Å². The van der Waals surface area contributed by atoms with Crippen molar-refractivity contribution >= 4 is 52.2 Å². The van der Waals surface area contributed by atoms with Gasteiger partial charge in [0.25, 0.3) is 0 Å². The number of hydrogen-bond acceptors (Lipinski definition) is 9. The number of methoxy groups -OCH3 is 1. The molecule has 1 aromatic carbocycles. The van der Waals surface area contributed by atoms with E-state index < -0.39 is 0 Å². The van der Waals surface area contributed by atoms with Crippen molar-refractivity contribution in [2.45, 2.75) is 0 Å². The number of furan rings is 1. The maximum Gasteiger partial charge on any atom is 0.232 e. The number of morpholine rings is 1. The zero-order valence-electron chi connectivity index (χ0n) is 18.3. The summed E-state index contributed by atoms with van der Waals surface area (Å²) in [6.07, 6.45) is 0. The summed E-state index contributed by atoms with van der Waals surface area (Å²) in [6, 6.07) is 15.6. The minimum atomic E-state index is 0. The van der Waals surface area contributed by atoms with Crippen LogP contribution in [0.4, 0.5) is 17.6 Å². The maximum atomic E-state index is 6.10. The standard InChI is InChI=1S/C23H21N7O3.ClH/c1-31-18-8-7-15-19-20(33-22(15)25-18)21(30-9-11-32-12-10-30)27-23(26-19)24-17-13-16(28-29-17)14-5-3-2-4-6-14;/h2-8,13H,9-12H2,1H3,(H2,24,26,27,28,29);1H. The highest BCUT2D eigenvalue weighted by Crippen LogP contribution is 2.35. The van der Waals surface area contributed by atoms with Crippen LogP contribution in [-0.4, -0.2) is 58.6 Å². The fraction of sp³-hybridized carbons (Fsp3) is 0.217. The van der Waals surface area contributed by atoms with E-state index >= 15 is 0 Å². The van der Waals surface area contributed by atoms with E-state index in [0.717, 1.165) is 16.6 Å². The lowest BCUT2D eigenvalue weighted by molar-refractivity contribution is 0.122. The zero-order valence-corrected chi connectivity index (χ0v) is 19.1. The quantitative estimate of drug-likeness (QED) is 0.383. The Morgan fingerprint density at radius 3 is 2.65 bits per heavy atom. The van der Waals surface area contributed by atoms with Crippen molar-refractivity contribution in [1.82, 2.24) is 25.1 Å². The Morgan fingerprint density at radius 1 is 1.03 bits per heavy atom. The van der Waals surface area contributed by atoms with E-state index in [1.54, 1.807) is 13.2 Å². The van der Waals surface area contributed by atoms with Crippen LogP contribution in [0.5, 0.6) is 5.88 Å². The lowest BCUT2D eigenvalue weighted by Gasteiger charge is -2.27. The first-order valence-electron chi connectivity index (χ1n) is 10.6. The molecule has 5 aromatic rings. The van der Waals surface area contributed by atoms with Crippen LogP contribution in [0, 0.1) is 0 Å². The number of fused-ring (bicyclic) bond motifs is 3. The maximum absolute atomic E-state index is 6.10. The first kappa shape index (κ1) is 21.9. The molecule has 0 saturated carbocycles. The molecule has 0 aliphatic carbocycles. The molecule has 5 heterocycles. The first-order chi connectivity index (χ1) is 16.3. The van der Waals surface area contributed by atoms with Gasteiger partial charge >= 0.3 is 0 Å². The van der Waals surface area contributed by atoms with Crippen LogP contribution < -0.4 is 15.0 Å². The Morgan fingerprint density at radius 2 is 1.85 bits per heavy atom. The van der Waals surface area contributed by atoms with Crippen molar-refractivity contribution in [2.24, 2.45) is 0 Å². The third kappa shape index (κ3) is 3.97. The smallest absolute Gasteiger partial charge is 0.232 e. The lowest BCUT2D eigenvalue weighted by Crippen LogP contribution is -2.37. The van der Waals surface area contributed by atoms with Crippen LogP contribution in [0.1, 0.15) is 0 Å². The molecule has 1 aliphatic heterocycles. The van der Waals surface area contributed by atoms with Crippen LogP contribution in [-0.2, 0) is 4.74 Å². The summed E-state index contributed by atoms with van der Waals surface area (Å²) >= 11 is 0. The Labute approximate surface area is 200 Å². The molecular weight excluding hydrogens is 458 g/mol. The molecule has 0 radical (unpaired) electrons. The molecule has 1 saturated heterocycles. The van der Waals surface area contributed by atoms with Gasteiger partial charge in [0.2, 0.25) is 17.5 Å². The number of ether oxygens (including phenoxy) is 2. The Balaban J connectivity index is 0.00000241. The van der Waals surface area contributed by atoms with E-state index in [2.05, 4.69) is 25.4 Å². The molecular formula is C23H22ClN7O3. The molecule has 11 heteroatoms. The van der Waals surface area contributed by atoms with E-state index in [1.807, 2.05) is 42.5 Å². The van der Waals surface area contributed by atoms with E-state index in [-0.39, 0.29) is 12.4 Å². The molecule has 0 atom stereocenters. The lowest BCUT2D eigenvalue weighted by atomic mass is 10.2. The Hall–Kier alpha value is -3.89. The number of aromatic amines is 1. The van der Waals surface area contributed by atoms with Crippen molar-refractivity contribution < 1.29 is 13.9 Å². The zero-order chi connectivity index (χ0) is 22.2. The number of pyridine rings is 1. The summed E-state index contributed by atoms with van der Waals surface area (Å²) in [6.45, 7) is 2.67. The molecule has 0 unspecified atom stereocenters. The number of halogens is 1. The van der Waals surface area contributed by atoms with E-state index in [9.17, 15) is 0 Å². The number of H-pyrrole nitrogens is 1. The van der Waals surface area contributed by atoms with Gasteiger partial charge < -0.3 is 24.1 Å². The highest BCUT2D eigenvalue weighted by Gasteiger charge is 2.23. The summed E-state index contributed by atoms with van der Waals surface area (Å²) in [5.41, 5.74) is 3.67. The number of hydrogen-bond donors (Lipinski definition) is 2. The van der Waals surface area contributed by atoms with Gasteiger partial charge in [0.1, 0.15) is 5.52 Å². The molecule has 34 heavy (non-hydrogen) atoms. The molecule has 0 amide bonds. The van der Waals surface area contributed by atoms with Crippen molar-refractivity contribution in [3.8, 4) is 17.1 Å². The normalized spacial score (nSPS) is 13.7. The van der Waals surface area contributed by atoms with Crippen LogP contribution in [0.2, 0.25) is 0 Å². The summed E-state index contributed by atoms with van der Waals surface area (Å²) in [5, 5.41) is 11.5. The van der Waals surface area contributed by atoms with E-state index in [4.69, 9.17) is 23.9 Å². The summed E-state index contributed by atoms with van der Waals surface area (Å²) < 4.78 is 16.9. The first-order valence-corrected chi connectivity index (χ1v) is 10.6. The van der Waals surface area contributed by atoms with Gasteiger partial charge in [-0.2, -0.15) is 15.1 Å². The monoisotopic (exact) mass is 479 g/mol. The highest BCUT2D eigenvalue weighted by molar-refractivity contribution is 6.05. The average molecular weight is 480 g/mol. The van der Waals surface area contributed by atoms with Gasteiger partial charge in [0.05, 0.1) is 31.4 Å². The number of benzene rings is 1. The van der Waals surface area contributed by atoms with Crippen LogP contribution >= 0.6 is 12.4 Å². The van der Waals surface area contributed by atoms with Crippen molar-refractivity contribution in [3.05, 3.63) is 48.5 Å². The summed E-state index contributed by atoms with van der Waals surface area (Å²) in [4.78, 5) is 16.1. The third-order valence-electron chi connectivity index (χ3n) is 5.56. The number of anilines is 3. The van der Waals surface area contributed by atoms with Gasteiger partial charge in [-0.25, -0.2) is 4.98 Å². The summed E-state index contributed by atoms with van der Waals surface area (Å²) in [7, 11) is 1.57. The van der Waals surface area contributed by atoms with Gasteiger partial charge in [-0.1, -0.05) is 30.3 Å². The minimum absolute atomic E-state index is 0. The fourth-order valence-corrected chi connectivity index (χ4v) is 3.92. The summed E-state index contributed by atoms with van der Waals surface area (Å²) in [5.74, 6) is 2.22. The number of rotatable bonds is 5. The van der Waals surface area contributed by atoms with E-state index in [1.165, 1.54) is 0 Å². The molecule has 0 bridgehead atoms. The minimum Gasteiger partial charge on any atom is -0.481 e. The average Bonchev–Trinajstić information content (AvgIpc) is 3.49. The van der Waals surface area contributed by atoms with Crippen molar-refractivity contribution in [1.29, 1.82) is 0 Å². The van der Waals surface area contributed by atoms with Gasteiger partial charge in [-0.3, -0.25) is 5.10 Å². The molecule has 0 spiro atoms. The molecule has 2 N–H and O–H groups in total. The number of nitrogens with one attached hydrogen (secondary N) is 2. The van der Waals surface area contributed by atoms with Gasteiger partial charge in [0, 0.05) is 25.2 Å². The van der Waals surface area contributed by atoms with Crippen LogP contribution in [0.3, 0.4) is 0 Å². The molecule has 174 valence electrons. The van der Waals surface area contributed by atoms with Gasteiger partial charge in [-0.05, 0) is 11.6 Å². The molecule has 4 aromatic heterocycles. The second-order valence-corrected chi connectivity index (χ2v) is 7.61.